The lowest BCUT2D eigenvalue weighted by Gasteiger charge is -2.19. The van der Waals surface area contributed by atoms with E-state index in [9.17, 15) is 9.59 Å². The van der Waals surface area contributed by atoms with Crippen LogP contribution < -0.4 is 15.5 Å². The van der Waals surface area contributed by atoms with Gasteiger partial charge in [0.15, 0.2) is 0 Å². The molecule has 0 radical (unpaired) electrons. The van der Waals surface area contributed by atoms with Gasteiger partial charge < -0.3 is 15.2 Å². The standard InChI is InChI=1S/C21H23N5O2/c1-14-7-9-16(10-8-14)13-22-19(27)15(2)23-21(28)26-12-11-25-18-6-4-3-5-17(18)24-20(25)26/h3-10,15H,11-13H2,1-2H3,(H,22,27)(H,23,28). The molecule has 2 N–H and O–H groups in total. The van der Waals surface area contributed by atoms with Gasteiger partial charge in [-0.05, 0) is 31.5 Å². The Hall–Kier alpha value is -3.35. The van der Waals surface area contributed by atoms with Crippen molar-refractivity contribution in [3.05, 3.63) is 59.7 Å². The molecule has 1 atom stereocenters. The third-order valence-electron chi connectivity index (χ3n) is 4.99. The molecule has 0 spiro atoms. The Morgan fingerprint density at radius 1 is 1.11 bits per heavy atom. The van der Waals surface area contributed by atoms with E-state index >= 15 is 0 Å². The number of anilines is 1. The number of benzene rings is 2. The van der Waals surface area contributed by atoms with Crippen LogP contribution in [0.5, 0.6) is 0 Å². The molecule has 7 heteroatoms. The summed E-state index contributed by atoms with van der Waals surface area (Å²) in [5, 5.41) is 5.64. The molecule has 3 amide bonds. The molecule has 3 aromatic rings. The van der Waals surface area contributed by atoms with E-state index in [1.165, 1.54) is 5.56 Å². The number of carbonyl (C=O) groups excluding carboxylic acids is 2. The Morgan fingerprint density at radius 3 is 2.64 bits per heavy atom. The van der Waals surface area contributed by atoms with Crippen molar-refractivity contribution in [2.45, 2.75) is 33.0 Å². The second-order valence-electron chi connectivity index (χ2n) is 7.08. The molecule has 0 saturated carbocycles. The summed E-state index contributed by atoms with van der Waals surface area (Å²) in [5.41, 5.74) is 4.06. The number of imidazole rings is 1. The van der Waals surface area contributed by atoms with E-state index in [1.54, 1.807) is 11.8 Å². The summed E-state index contributed by atoms with van der Waals surface area (Å²) in [7, 11) is 0. The summed E-state index contributed by atoms with van der Waals surface area (Å²) < 4.78 is 2.02. The Bertz CT molecular complexity index is 1020. The topological polar surface area (TPSA) is 79.3 Å². The third kappa shape index (κ3) is 3.43. The van der Waals surface area contributed by atoms with E-state index in [0.29, 0.717) is 25.6 Å². The SMILES string of the molecule is Cc1ccc(CNC(=O)C(C)NC(=O)N2CCn3c2nc2ccccc23)cc1. The first-order valence-electron chi connectivity index (χ1n) is 9.39. The van der Waals surface area contributed by atoms with Crippen LogP contribution in [0, 0.1) is 6.92 Å². The maximum atomic E-state index is 12.7. The number of fused-ring (bicyclic) bond motifs is 3. The Balaban J connectivity index is 1.37. The van der Waals surface area contributed by atoms with E-state index in [1.807, 2.05) is 60.0 Å². The summed E-state index contributed by atoms with van der Waals surface area (Å²) in [4.78, 5) is 31.2. The Labute approximate surface area is 163 Å². The largest absolute Gasteiger partial charge is 0.350 e. The number of aromatic nitrogens is 2. The molecule has 4 rings (SSSR count). The highest BCUT2D eigenvalue weighted by atomic mass is 16.2. The molecule has 0 fully saturated rings. The van der Waals surface area contributed by atoms with Crippen LogP contribution in [-0.4, -0.2) is 34.1 Å². The number of carbonyl (C=O) groups is 2. The zero-order valence-electron chi connectivity index (χ0n) is 16.0. The molecule has 1 aliphatic rings. The van der Waals surface area contributed by atoms with Crippen molar-refractivity contribution in [3.8, 4) is 0 Å². The van der Waals surface area contributed by atoms with E-state index in [-0.39, 0.29) is 11.9 Å². The summed E-state index contributed by atoms with van der Waals surface area (Å²) in [6.07, 6.45) is 0. The highest BCUT2D eigenvalue weighted by molar-refractivity contribution is 5.96. The number of hydrogen-bond donors (Lipinski definition) is 2. The van der Waals surface area contributed by atoms with Crippen molar-refractivity contribution in [1.29, 1.82) is 0 Å². The quantitative estimate of drug-likeness (QED) is 0.733. The van der Waals surface area contributed by atoms with Gasteiger partial charge in [0, 0.05) is 19.6 Å². The van der Waals surface area contributed by atoms with Crippen molar-refractivity contribution in [2.24, 2.45) is 0 Å². The van der Waals surface area contributed by atoms with Crippen molar-refractivity contribution in [1.82, 2.24) is 20.2 Å². The van der Waals surface area contributed by atoms with Gasteiger partial charge in [0.1, 0.15) is 6.04 Å². The van der Waals surface area contributed by atoms with Gasteiger partial charge in [-0.15, -0.1) is 0 Å². The molecule has 144 valence electrons. The molecule has 0 bridgehead atoms. The highest BCUT2D eigenvalue weighted by Gasteiger charge is 2.29. The van der Waals surface area contributed by atoms with Gasteiger partial charge in [0.2, 0.25) is 11.9 Å². The molecule has 7 nitrogen and oxygen atoms in total. The van der Waals surface area contributed by atoms with Crippen LogP contribution in [0.25, 0.3) is 11.0 Å². The first-order chi connectivity index (χ1) is 13.5. The number of amides is 3. The minimum Gasteiger partial charge on any atom is -0.350 e. The molecular formula is C21H23N5O2. The van der Waals surface area contributed by atoms with Crippen LogP contribution in [-0.2, 0) is 17.9 Å². The predicted molar refractivity (Wildman–Crippen MR) is 108 cm³/mol. The summed E-state index contributed by atoms with van der Waals surface area (Å²) >= 11 is 0. The zero-order chi connectivity index (χ0) is 19.7. The van der Waals surface area contributed by atoms with Crippen molar-refractivity contribution < 1.29 is 9.59 Å². The van der Waals surface area contributed by atoms with Crippen LogP contribution >= 0.6 is 0 Å². The maximum Gasteiger partial charge on any atom is 0.324 e. The summed E-state index contributed by atoms with van der Waals surface area (Å²) in [5.74, 6) is 0.396. The second-order valence-corrected chi connectivity index (χ2v) is 7.08. The Kier molecular flexibility index (Phi) is 4.73. The van der Waals surface area contributed by atoms with Crippen LogP contribution in [0.2, 0.25) is 0 Å². The van der Waals surface area contributed by atoms with Crippen molar-refractivity contribution in [2.75, 3.05) is 11.4 Å². The average Bonchev–Trinajstić information content (AvgIpc) is 3.26. The monoisotopic (exact) mass is 377 g/mol. The fourth-order valence-electron chi connectivity index (χ4n) is 3.36. The first-order valence-corrected chi connectivity index (χ1v) is 9.39. The van der Waals surface area contributed by atoms with E-state index in [2.05, 4.69) is 15.6 Å². The average molecular weight is 377 g/mol. The molecule has 2 aromatic carbocycles. The highest BCUT2D eigenvalue weighted by Crippen LogP contribution is 2.27. The number of urea groups is 1. The van der Waals surface area contributed by atoms with Crippen LogP contribution in [0.4, 0.5) is 10.7 Å². The van der Waals surface area contributed by atoms with E-state index in [0.717, 1.165) is 16.6 Å². The smallest absolute Gasteiger partial charge is 0.324 e. The number of aryl methyl sites for hydroxylation is 1. The number of hydrogen-bond acceptors (Lipinski definition) is 3. The molecule has 0 saturated heterocycles. The summed E-state index contributed by atoms with van der Waals surface area (Å²) in [6, 6.07) is 14.8. The van der Waals surface area contributed by atoms with Gasteiger partial charge in [0.25, 0.3) is 0 Å². The van der Waals surface area contributed by atoms with Crippen LogP contribution in [0.3, 0.4) is 0 Å². The van der Waals surface area contributed by atoms with E-state index < -0.39 is 6.04 Å². The lowest BCUT2D eigenvalue weighted by Crippen LogP contribution is -2.49. The van der Waals surface area contributed by atoms with Crippen molar-refractivity contribution in [3.63, 3.8) is 0 Å². The molecule has 2 heterocycles. The third-order valence-corrected chi connectivity index (χ3v) is 4.99. The van der Waals surface area contributed by atoms with Gasteiger partial charge in [0.05, 0.1) is 11.0 Å². The molecule has 1 aromatic heterocycles. The minimum atomic E-state index is -0.642. The minimum absolute atomic E-state index is 0.221. The first kappa shape index (κ1) is 18.0. The number of nitrogens with zero attached hydrogens (tertiary/aromatic N) is 3. The second kappa shape index (κ2) is 7.34. The van der Waals surface area contributed by atoms with Crippen LogP contribution in [0.1, 0.15) is 18.1 Å². The van der Waals surface area contributed by atoms with Crippen LogP contribution in [0.15, 0.2) is 48.5 Å². The zero-order valence-corrected chi connectivity index (χ0v) is 16.0. The molecule has 1 unspecified atom stereocenters. The van der Waals surface area contributed by atoms with Gasteiger partial charge in [-0.2, -0.15) is 0 Å². The normalized spacial score (nSPS) is 14.0. The van der Waals surface area contributed by atoms with Gasteiger partial charge in [-0.1, -0.05) is 42.0 Å². The number of para-hydroxylation sites is 2. The predicted octanol–water partition coefficient (Wildman–Crippen LogP) is 2.58. The molecule has 0 aliphatic carbocycles. The van der Waals surface area contributed by atoms with E-state index in [4.69, 9.17) is 0 Å². The van der Waals surface area contributed by atoms with Gasteiger partial charge in [-0.3, -0.25) is 9.69 Å². The molecular weight excluding hydrogens is 354 g/mol. The van der Waals surface area contributed by atoms with Crippen molar-refractivity contribution >= 4 is 28.9 Å². The lowest BCUT2D eigenvalue weighted by molar-refractivity contribution is -0.122. The Morgan fingerprint density at radius 2 is 1.86 bits per heavy atom. The lowest BCUT2D eigenvalue weighted by atomic mass is 10.1. The fraction of sp³-hybridized carbons (Fsp3) is 0.286. The summed E-state index contributed by atoms with van der Waals surface area (Å²) in [6.45, 7) is 5.36. The van der Waals surface area contributed by atoms with Gasteiger partial charge in [-0.25, -0.2) is 9.78 Å². The molecule has 28 heavy (non-hydrogen) atoms. The maximum absolute atomic E-state index is 12.7. The number of nitrogens with one attached hydrogen (secondary N) is 2. The van der Waals surface area contributed by atoms with Gasteiger partial charge >= 0.3 is 6.03 Å². The molecule has 1 aliphatic heterocycles. The number of rotatable bonds is 4. The fourth-order valence-corrected chi connectivity index (χ4v) is 3.36.